The Kier molecular flexibility index (Phi) is 6.04. The lowest BCUT2D eigenvalue weighted by Gasteiger charge is -2.34. The van der Waals surface area contributed by atoms with E-state index in [2.05, 4.69) is 21.0 Å². The molecule has 0 atom stereocenters. The summed E-state index contributed by atoms with van der Waals surface area (Å²) in [7, 11) is 0. The van der Waals surface area contributed by atoms with E-state index in [1.54, 1.807) is 6.92 Å². The van der Waals surface area contributed by atoms with E-state index >= 15 is 0 Å². The van der Waals surface area contributed by atoms with E-state index in [-0.39, 0.29) is 5.91 Å². The average Bonchev–Trinajstić information content (AvgIpc) is 3.35. The van der Waals surface area contributed by atoms with Gasteiger partial charge in [-0.05, 0) is 35.9 Å². The molecule has 7 nitrogen and oxygen atoms in total. The molecular formula is C26H27N5O2. The van der Waals surface area contributed by atoms with Gasteiger partial charge >= 0.3 is 0 Å². The molecule has 0 radical (unpaired) electrons. The number of hydrogen-bond acceptors (Lipinski definition) is 5. The smallest absolute Gasteiger partial charge is 0.219 e. The Hall–Kier alpha value is -3.71. The lowest BCUT2D eigenvalue weighted by Crippen LogP contribution is -2.48. The highest BCUT2D eigenvalue weighted by atomic mass is 16.5. The second-order valence-electron chi connectivity index (χ2n) is 8.24. The molecular weight excluding hydrogens is 414 g/mol. The van der Waals surface area contributed by atoms with E-state index in [4.69, 9.17) is 4.74 Å². The minimum Gasteiger partial charge on any atom is -0.492 e. The molecule has 0 aliphatic carbocycles. The van der Waals surface area contributed by atoms with Gasteiger partial charge in [-0.2, -0.15) is 5.10 Å². The normalized spacial score (nSPS) is 14.5. The van der Waals surface area contributed by atoms with Crippen molar-refractivity contribution in [3.8, 4) is 22.6 Å². The van der Waals surface area contributed by atoms with Gasteiger partial charge in [-0.25, -0.2) is 4.68 Å². The van der Waals surface area contributed by atoms with Crippen LogP contribution in [0.2, 0.25) is 0 Å². The van der Waals surface area contributed by atoms with Gasteiger partial charge in [0.25, 0.3) is 0 Å². The fourth-order valence-electron chi connectivity index (χ4n) is 4.23. The molecule has 0 unspecified atom stereocenters. The highest BCUT2D eigenvalue weighted by Gasteiger charge is 2.18. The van der Waals surface area contributed by atoms with Crippen molar-refractivity contribution in [2.45, 2.75) is 6.92 Å². The van der Waals surface area contributed by atoms with Crippen molar-refractivity contribution >= 4 is 16.8 Å². The number of carbonyl (C=O) groups is 1. The van der Waals surface area contributed by atoms with Crippen LogP contribution in [0.3, 0.4) is 0 Å². The van der Waals surface area contributed by atoms with Crippen LogP contribution in [-0.4, -0.2) is 69.8 Å². The van der Waals surface area contributed by atoms with Gasteiger partial charge in [0.2, 0.25) is 5.91 Å². The first kappa shape index (κ1) is 21.2. The number of ether oxygens (including phenoxy) is 1. The molecule has 4 aromatic rings. The lowest BCUT2D eigenvalue weighted by molar-refractivity contribution is -0.130. The van der Waals surface area contributed by atoms with E-state index in [1.807, 2.05) is 76.7 Å². The number of benzene rings is 2. The zero-order chi connectivity index (χ0) is 22.6. The van der Waals surface area contributed by atoms with Crippen LogP contribution in [0.4, 0.5) is 0 Å². The molecule has 7 heteroatoms. The summed E-state index contributed by atoms with van der Waals surface area (Å²) in [6.45, 7) is 6.44. The van der Waals surface area contributed by atoms with Crippen molar-refractivity contribution in [1.29, 1.82) is 0 Å². The third-order valence-corrected chi connectivity index (χ3v) is 6.12. The molecule has 1 aliphatic rings. The van der Waals surface area contributed by atoms with E-state index in [0.29, 0.717) is 6.61 Å². The van der Waals surface area contributed by atoms with E-state index in [0.717, 1.165) is 66.2 Å². The predicted molar refractivity (Wildman–Crippen MR) is 128 cm³/mol. The van der Waals surface area contributed by atoms with Crippen molar-refractivity contribution in [3.63, 3.8) is 0 Å². The number of nitrogens with zero attached hydrogens (tertiary/aromatic N) is 5. The molecule has 2 aromatic heterocycles. The van der Waals surface area contributed by atoms with Gasteiger partial charge in [0, 0.05) is 69.1 Å². The molecule has 2 aromatic carbocycles. The number of fused-ring (bicyclic) bond motifs is 1. The number of piperazine rings is 1. The summed E-state index contributed by atoms with van der Waals surface area (Å²) in [4.78, 5) is 20.3. The number of carbonyl (C=O) groups excluding carboxylic acids is 1. The summed E-state index contributed by atoms with van der Waals surface area (Å²) in [5, 5.41) is 5.60. The molecule has 5 rings (SSSR count). The summed E-state index contributed by atoms with van der Waals surface area (Å²) in [6, 6.07) is 18.2. The summed E-state index contributed by atoms with van der Waals surface area (Å²) < 4.78 is 7.90. The second kappa shape index (κ2) is 9.42. The molecule has 1 saturated heterocycles. The largest absolute Gasteiger partial charge is 0.492 e. The number of hydrogen-bond donors (Lipinski definition) is 0. The molecule has 0 saturated carbocycles. The SMILES string of the molecule is CC(=O)N1CCN(CCOc2ccc3c(-c4cnn(-c5ccccc5)c4)ccnc3c2)CC1. The number of pyridine rings is 1. The molecule has 3 heterocycles. The maximum Gasteiger partial charge on any atom is 0.219 e. The molecule has 1 amide bonds. The van der Waals surface area contributed by atoms with Crippen molar-refractivity contribution < 1.29 is 9.53 Å². The van der Waals surface area contributed by atoms with Crippen LogP contribution in [-0.2, 0) is 4.79 Å². The first-order valence-corrected chi connectivity index (χ1v) is 11.3. The second-order valence-corrected chi connectivity index (χ2v) is 8.24. The quantitative estimate of drug-likeness (QED) is 0.457. The van der Waals surface area contributed by atoms with Gasteiger partial charge in [-0.1, -0.05) is 18.2 Å². The van der Waals surface area contributed by atoms with Crippen molar-refractivity contribution in [3.05, 3.63) is 73.2 Å². The Morgan fingerprint density at radius 2 is 1.85 bits per heavy atom. The molecule has 0 spiro atoms. The summed E-state index contributed by atoms with van der Waals surface area (Å²) in [6.07, 6.45) is 5.76. The zero-order valence-electron chi connectivity index (χ0n) is 18.7. The van der Waals surface area contributed by atoms with Gasteiger partial charge in [0.15, 0.2) is 0 Å². The van der Waals surface area contributed by atoms with Gasteiger partial charge < -0.3 is 9.64 Å². The van der Waals surface area contributed by atoms with Crippen molar-refractivity contribution in [2.75, 3.05) is 39.3 Å². The third kappa shape index (κ3) is 4.73. The van der Waals surface area contributed by atoms with Crippen LogP contribution in [0.15, 0.2) is 73.2 Å². The Bertz CT molecular complexity index is 1250. The van der Waals surface area contributed by atoms with Crippen LogP contribution in [0.1, 0.15) is 6.92 Å². The summed E-state index contributed by atoms with van der Waals surface area (Å²) in [5.41, 5.74) is 4.06. The van der Waals surface area contributed by atoms with Crippen molar-refractivity contribution in [1.82, 2.24) is 24.6 Å². The van der Waals surface area contributed by atoms with Crippen LogP contribution in [0.5, 0.6) is 5.75 Å². The standard InChI is InChI=1S/C26H27N5O2/c1-20(32)30-13-11-29(12-14-30)15-16-33-23-7-8-25-24(9-10-27-26(25)17-23)21-18-28-31(19-21)22-5-3-2-4-6-22/h2-10,17-19H,11-16H2,1H3. The summed E-state index contributed by atoms with van der Waals surface area (Å²) in [5.74, 6) is 0.968. The highest BCUT2D eigenvalue weighted by molar-refractivity contribution is 5.94. The molecule has 1 fully saturated rings. The van der Waals surface area contributed by atoms with Gasteiger partial charge in [-0.3, -0.25) is 14.7 Å². The lowest BCUT2D eigenvalue weighted by atomic mass is 10.0. The number of rotatable bonds is 6. The van der Waals surface area contributed by atoms with Crippen LogP contribution >= 0.6 is 0 Å². The summed E-state index contributed by atoms with van der Waals surface area (Å²) >= 11 is 0. The fraction of sp³-hybridized carbons (Fsp3) is 0.269. The first-order valence-electron chi connectivity index (χ1n) is 11.3. The van der Waals surface area contributed by atoms with Crippen LogP contribution in [0, 0.1) is 0 Å². The monoisotopic (exact) mass is 441 g/mol. The molecule has 0 N–H and O–H groups in total. The Labute approximate surface area is 193 Å². The zero-order valence-corrected chi connectivity index (χ0v) is 18.7. The van der Waals surface area contributed by atoms with E-state index < -0.39 is 0 Å². The third-order valence-electron chi connectivity index (χ3n) is 6.12. The Morgan fingerprint density at radius 3 is 2.64 bits per heavy atom. The Morgan fingerprint density at radius 1 is 1.03 bits per heavy atom. The van der Waals surface area contributed by atoms with Gasteiger partial charge in [0.1, 0.15) is 12.4 Å². The van der Waals surface area contributed by atoms with E-state index in [9.17, 15) is 4.79 Å². The topological polar surface area (TPSA) is 63.5 Å². The van der Waals surface area contributed by atoms with Gasteiger partial charge in [0.05, 0.1) is 17.4 Å². The minimum absolute atomic E-state index is 0.154. The molecule has 1 aliphatic heterocycles. The van der Waals surface area contributed by atoms with Gasteiger partial charge in [-0.15, -0.1) is 0 Å². The maximum atomic E-state index is 11.5. The van der Waals surface area contributed by atoms with Crippen molar-refractivity contribution in [2.24, 2.45) is 0 Å². The minimum atomic E-state index is 0.154. The highest BCUT2D eigenvalue weighted by Crippen LogP contribution is 2.30. The average molecular weight is 442 g/mol. The predicted octanol–water partition coefficient (Wildman–Crippen LogP) is 3.63. The number of amides is 1. The van der Waals surface area contributed by atoms with Crippen LogP contribution in [0.25, 0.3) is 27.7 Å². The molecule has 168 valence electrons. The maximum absolute atomic E-state index is 11.5. The number of aromatic nitrogens is 3. The fourth-order valence-corrected chi connectivity index (χ4v) is 4.23. The number of para-hydroxylation sites is 1. The van der Waals surface area contributed by atoms with Crippen LogP contribution < -0.4 is 4.74 Å². The molecule has 33 heavy (non-hydrogen) atoms. The Balaban J connectivity index is 1.26. The van der Waals surface area contributed by atoms with E-state index in [1.165, 1.54) is 0 Å². The molecule has 0 bridgehead atoms. The first-order chi connectivity index (χ1) is 16.2.